The molecule has 2 aromatic carbocycles. The van der Waals surface area contributed by atoms with Crippen LogP contribution in [0.3, 0.4) is 0 Å². The van der Waals surface area contributed by atoms with E-state index in [1.165, 1.54) is 4.31 Å². The topological polar surface area (TPSA) is 76.2 Å². The first-order chi connectivity index (χ1) is 16.7. The van der Waals surface area contributed by atoms with E-state index in [2.05, 4.69) is 0 Å². The lowest BCUT2D eigenvalue weighted by Gasteiger charge is -2.42. The molecule has 2 aliphatic rings. The van der Waals surface area contributed by atoms with Crippen molar-refractivity contribution in [1.29, 1.82) is 0 Å². The van der Waals surface area contributed by atoms with Crippen LogP contribution in [-0.2, 0) is 19.6 Å². The van der Waals surface area contributed by atoms with E-state index in [1.54, 1.807) is 29.2 Å². The number of carbonyl (C=O) groups excluding carboxylic acids is 1. The summed E-state index contributed by atoms with van der Waals surface area (Å²) in [7, 11) is -4.11. The smallest absolute Gasteiger partial charge is 0.243 e. The molecule has 2 aromatic rings. The molecule has 1 atom stereocenters. The predicted octanol–water partition coefficient (Wildman–Crippen LogP) is 3.72. The quantitative estimate of drug-likeness (QED) is 0.547. The monoisotopic (exact) mass is 528 g/mol. The first kappa shape index (κ1) is 25.8. The summed E-state index contributed by atoms with van der Waals surface area (Å²) in [6, 6.07) is 9.31. The molecule has 2 saturated heterocycles. The van der Waals surface area contributed by atoms with E-state index < -0.39 is 27.1 Å². The Balaban J connectivity index is 1.58. The van der Waals surface area contributed by atoms with Gasteiger partial charge in [-0.05, 0) is 55.3 Å². The van der Waals surface area contributed by atoms with Crippen molar-refractivity contribution in [2.75, 3.05) is 46.0 Å². The Morgan fingerprint density at radius 1 is 1.06 bits per heavy atom. The molecule has 7 nitrogen and oxygen atoms in total. The average molecular weight is 529 g/mol. The number of sulfonamides is 1. The number of amides is 1. The lowest BCUT2D eigenvalue weighted by molar-refractivity contribution is -0.139. The van der Waals surface area contributed by atoms with Crippen LogP contribution in [-0.4, -0.2) is 69.5 Å². The average Bonchev–Trinajstić information content (AvgIpc) is 2.86. The van der Waals surface area contributed by atoms with Crippen LogP contribution in [0.15, 0.2) is 47.4 Å². The standard InChI is InChI=1S/C24H27ClF2N2O5S/c25-18-2-4-19(5-3-18)34-17-24(15-23(30)28-10-12-33-13-11-28)8-1-9-29(16-24)35(31,32)20-6-7-21(26)22(27)14-20/h2-7,14H,1,8-13,15-17H2/t24-/m1/s1. The summed E-state index contributed by atoms with van der Waals surface area (Å²) in [5.74, 6) is -1.90. The van der Waals surface area contributed by atoms with Crippen molar-refractivity contribution >= 4 is 27.5 Å². The Morgan fingerprint density at radius 3 is 2.46 bits per heavy atom. The molecular formula is C24H27ClF2N2O5S. The zero-order valence-corrected chi connectivity index (χ0v) is 20.7. The number of hydrogen-bond acceptors (Lipinski definition) is 5. The van der Waals surface area contributed by atoms with Gasteiger partial charge in [-0.15, -0.1) is 0 Å². The Hall–Kier alpha value is -2.27. The van der Waals surface area contributed by atoms with Gasteiger partial charge in [0.2, 0.25) is 15.9 Å². The third kappa shape index (κ3) is 6.11. The largest absolute Gasteiger partial charge is 0.493 e. The summed E-state index contributed by atoms with van der Waals surface area (Å²) in [5.41, 5.74) is -0.807. The zero-order valence-electron chi connectivity index (χ0n) is 19.1. The van der Waals surface area contributed by atoms with E-state index in [0.29, 0.717) is 56.0 Å². The Labute approximate surface area is 208 Å². The molecule has 2 aliphatic heterocycles. The molecule has 190 valence electrons. The van der Waals surface area contributed by atoms with Crippen LogP contribution < -0.4 is 4.74 Å². The third-order valence-electron chi connectivity index (χ3n) is 6.40. The van der Waals surface area contributed by atoms with Crippen LogP contribution in [0.25, 0.3) is 0 Å². The molecule has 0 N–H and O–H groups in total. The van der Waals surface area contributed by atoms with Crippen LogP contribution in [0.5, 0.6) is 5.75 Å². The van der Waals surface area contributed by atoms with E-state index in [-0.39, 0.29) is 36.9 Å². The molecule has 0 bridgehead atoms. The summed E-state index contributed by atoms with van der Waals surface area (Å²) in [6.07, 6.45) is 1.15. The second-order valence-corrected chi connectivity index (χ2v) is 11.3. The molecule has 0 aromatic heterocycles. The first-order valence-electron chi connectivity index (χ1n) is 11.4. The third-order valence-corrected chi connectivity index (χ3v) is 8.50. The van der Waals surface area contributed by atoms with Crippen molar-refractivity contribution in [2.45, 2.75) is 24.2 Å². The molecular weight excluding hydrogens is 502 g/mol. The van der Waals surface area contributed by atoms with Crippen molar-refractivity contribution in [3.63, 3.8) is 0 Å². The van der Waals surface area contributed by atoms with Crippen molar-refractivity contribution in [3.8, 4) is 5.75 Å². The van der Waals surface area contributed by atoms with E-state index in [4.69, 9.17) is 21.1 Å². The van der Waals surface area contributed by atoms with Crippen LogP contribution >= 0.6 is 11.6 Å². The summed E-state index contributed by atoms with van der Waals surface area (Å²) < 4.78 is 66.4. The van der Waals surface area contributed by atoms with Crippen LogP contribution in [0.2, 0.25) is 5.02 Å². The van der Waals surface area contributed by atoms with Gasteiger partial charge in [-0.3, -0.25) is 4.79 Å². The summed E-state index contributed by atoms with van der Waals surface area (Å²) in [6.45, 7) is 2.18. The minimum atomic E-state index is -4.11. The van der Waals surface area contributed by atoms with E-state index in [9.17, 15) is 22.0 Å². The van der Waals surface area contributed by atoms with Gasteiger partial charge in [0.25, 0.3) is 0 Å². The van der Waals surface area contributed by atoms with Gasteiger partial charge in [-0.2, -0.15) is 4.31 Å². The number of carbonyl (C=O) groups is 1. The van der Waals surface area contributed by atoms with Crippen molar-refractivity contribution < 1.29 is 31.5 Å². The van der Waals surface area contributed by atoms with Crippen LogP contribution in [0.1, 0.15) is 19.3 Å². The van der Waals surface area contributed by atoms with Crippen molar-refractivity contribution in [3.05, 3.63) is 59.1 Å². The number of nitrogens with zero attached hydrogens (tertiary/aromatic N) is 2. The number of halogens is 3. The van der Waals surface area contributed by atoms with E-state index >= 15 is 0 Å². The zero-order chi connectivity index (χ0) is 25.1. The molecule has 0 aliphatic carbocycles. The lowest BCUT2D eigenvalue weighted by atomic mass is 9.78. The van der Waals surface area contributed by atoms with Gasteiger partial charge in [0.15, 0.2) is 11.6 Å². The number of piperidine rings is 1. The number of morpholine rings is 1. The molecule has 0 spiro atoms. The summed E-state index contributed by atoms with van der Waals surface area (Å²) in [5, 5.41) is 0.552. The molecule has 11 heteroatoms. The lowest BCUT2D eigenvalue weighted by Crippen LogP contribution is -2.51. The first-order valence-corrected chi connectivity index (χ1v) is 13.2. The number of hydrogen-bond donors (Lipinski definition) is 0. The highest BCUT2D eigenvalue weighted by atomic mass is 35.5. The highest BCUT2D eigenvalue weighted by molar-refractivity contribution is 7.89. The second kappa shape index (κ2) is 10.8. The SMILES string of the molecule is O=C(C[C@]1(COc2ccc(Cl)cc2)CCCN(S(=O)(=O)c2ccc(F)c(F)c2)C1)N1CCOCC1. The van der Waals surface area contributed by atoms with Gasteiger partial charge in [0.05, 0.1) is 24.7 Å². The fourth-order valence-corrected chi connectivity index (χ4v) is 6.21. The van der Waals surface area contributed by atoms with Gasteiger partial charge in [0.1, 0.15) is 5.75 Å². The molecule has 0 radical (unpaired) electrons. The highest BCUT2D eigenvalue weighted by Gasteiger charge is 2.43. The summed E-state index contributed by atoms with van der Waals surface area (Å²) in [4.78, 5) is 14.6. The molecule has 1 amide bonds. The highest BCUT2D eigenvalue weighted by Crippen LogP contribution is 2.37. The second-order valence-electron chi connectivity index (χ2n) is 8.93. The normalized spacial score (nSPS) is 21.6. The molecule has 0 unspecified atom stereocenters. The van der Waals surface area contributed by atoms with Crippen molar-refractivity contribution in [2.24, 2.45) is 5.41 Å². The van der Waals surface area contributed by atoms with Gasteiger partial charge in [-0.1, -0.05) is 11.6 Å². The molecule has 0 saturated carbocycles. The van der Waals surface area contributed by atoms with Crippen LogP contribution in [0.4, 0.5) is 8.78 Å². The maximum atomic E-state index is 13.8. The maximum Gasteiger partial charge on any atom is 0.243 e. The Morgan fingerprint density at radius 2 is 1.77 bits per heavy atom. The van der Waals surface area contributed by atoms with E-state index in [0.717, 1.165) is 12.1 Å². The van der Waals surface area contributed by atoms with E-state index in [1.807, 2.05) is 0 Å². The van der Waals surface area contributed by atoms with Gasteiger partial charge in [-0.25, -0.2) is 17.2 Å². The van der Waals surface area contributed by atoms with Gasteiger partial charge >= 0.3 is 0 Å². The molecule has 4 rings (SSSR count). The van der Waals surface area contributed by atoms with Gasteiger partial charge < -0.3 is 14.4 Å². The summed E-state index contributed by atoms with van der Waals surface area (Å²) >= 11 is 5.95. The number of benzene rings is 2. The number of ether oxygens (including phenoxy) is 2. The minimum Gasteiger partial charge on any atom is -0.493 e. The van der Waals surface area contributed by atoms with Crippen LogP contribution in [0, 0.1) is 17.0 Å². The maximum absolute atomic E-state index is 13.8. The fourth-order valence-electron chi connectivity index (χ4n) is 4.48. The predicted molar refractivity (Wildman–Crippen MR) is 126 cm³/mol. The van der Waals surface area contributed by atoms with Gasteiger partial charge in [0, 0.05) is 43.0 Å². The molecule has 2 heterocycles. The number of rotatable bonds is 7. The van der Waals surface area contributed by atoms with Crippen molar-refractivity contribution in [1.82, 2.24) is 9.21 Å². The minimum absolute atomic E-state index is 0.0119. The molecule has 35 heavy (non-hydrogen) atoms. The Kier molecular flexibility index (Phi) is 7.95. The Bertz CT molecular complexity index is 1160. The fraction of sp³-hybridized carbons (Fsp3) is 0.458. The molecule has 2 fully saturated rings.